The van der Waals surface area contributed by atoms with Gasteiger partial charge in [0.25, 0.3) is 0 Å². The van der Waals surface area contributed by atoms with Crippen molar-refractivity contribution in [2.45, 2.75) is 50.6 Å². The molecule has 0 spiro atoms. The molecule has 0 bridgehead atoms. The van der Waals surface area contributed by atoms with E-state index in [1.54, 1.807) is 7.11 Å². The van der Waals surface area contributed by atoms with Crippen molar-refractivity contribution in [3.8, 4) is 11.5 Å². The monoisotopic (exact) mass is 377 g/mol. The molecule has 0 amide bonds. The van der Waals surface area contributed by atoms with Crippen LogP contribution in [0, 0.1) is 0 Å². The first-order valence-electron chi connectivity index (χ1n) is 8.93. The summed E-state index contributed by atoms with van der Waals surface area (Å²) in [5.41, 5.74) is 4.06. The van der Waals surface area contributed by atoms with Gasteiger partial charge in [0, 0.05) is 34.3 Å². The number of rotatable bonds is 3. The van der Waals surface area contributed by atoms with Crippen molar-refractivity contribution < 1.29 is 9.84 Å². The van der Waals surface area contributed by atoms with Gasteiger partial charge in [-0.25, -0.2) is 0 Å². The molecule has 0 saturated carbocycles. The fourth-order valence-corrected chi connectivity index (χ4v) is 5.78. The number of hydrogen-bond acceptors (Lipinski definition) is 4. The van der Waals surface area contributed by atoms with Crippen LogP contribution in [0.3, 0.4) is 0 Å². The molecule has 3 nitrogen and oxygen atoms in total. The average molecular weight is 378 g/mol. The molecule has 0 fully saturated rings. The number of aromatic hydroxyl groups is 1. The number of alkyl halides is 1. The van der Waals surface area contributed by atoms with E-state index in [1.807, 2.05) is 23.5 Å². The standard InChI is InChI=1S/C20H24ClNO2S/c1-12(21)7-15-8-14-11-22-6-5-13-9-19(24-2)18(23)10-16(13)17(22)3-4-20(14)25-15/h8-10,12,17,23H,3-7,11H2,1-2H3/t12?,17-/m0/s1. The minimum atomic E-state index is 0.190. The summed E-state index contributed by atoms with van der Waals surface area (Å²) in [5, 5.41) is 10.4. The predicted octanol–water partition coefficient (Wildman–Crippen LogP) is 4.68. The van der Waals surface area contributed by atoms with Crippen LogP contribution in [0.25, 0.3) is 0 Å². The molecule has 25 heavy (non-hydrogen) atoms. The molecule has 2 atom stereocenters. The lowest BCUT2D eigenvalue weighted by molar-refractivity contribution is 0.173. The SMILES string of the molecule is COc1cc2c(cc1O)[C@@H]1CCc3sc(CC(C)Cl)cc3CN1CC2. The number of ether oxygens (including phenoxy) is 1. The van der Waals surface area contributed by atoms with Crippen molar-refractivity contribution in [2.75, 3.05) is 13.7 Å². The highest BCUT2D eigenvalue weighted by atomic mass is 35.5. The molecule has 2 aliphatic rings. The molecule has 0 radical (unpaired) electrons. The molecule has 0 saturated heterocycles. The van der Waals surface area contributed by atoms with Crippen molar-refractivity contribution in [2.24, 2.45) is 0 Å². The van der Waals surface area contributed by atoms with Crippen molar-refractivity contribution in [1.29, 1.82) is 0 Å². The third-order valence-electron chi connectivity index (χ3n) is 5.36. The molecule has 1 aromatic heterocycles. The number of thiophene rings is 1. The predicted molar refractivity (Wildman–Crippen MR) is 103 cm³/mol. The molecular weight excluding hydrogens is 354 g/mol. The maximum absolute atomic E-state index is 10.2. The van der Waals surface area contributed by atoms with E-state index in [-0.39, 0.29) is 11.1 Å². The molecule has 5 heteroatoms. The second kappa shape index (κ2) is 6.82. The van der Waals surface area contributed by atoms with Crippen molar-refractivity contribution in [3.63, 3.8) is 0 Å². The zero-order valence-electron chi connectivity index (χ0n) is 14.7. The third-order valence-corrected chi connectivity index (χ3v) is 6.77. The van der Waals surface area contributed by atoms with E-state index in [1.165, 1.54) is 26.4 Å². The highest BCUT2D eigenvalue weighted by Gasteiger charge is 2.32. The van der Waals surface area contributed by atoms with Gasteiger partial charge in [-0.15, -0.1) is 22.9 Å². The van der Waals surface area contributed by atoms with Gasteiger partial charge in [-0.3, -0.25) is 4.90 Å². The van der Waals surface area contributed by atoms with E-state index in [2.05, 4.69) is 17.9 Å². The number of fused-ring (bicyclic) bond motifs is 4. The normalized spacial score (nSPS) is 21.0. The highest BCUT2D eigenvalue weighted by molar-refractivity contribution is 7.12. The summed E-state index contributed by atoms with van der Waals surface area (Å²) in [6, 6.07) is 6.69. The van der Waals surface area contributed by atoms with Gasteiger partial charge < -0.3 is 9.84 Å². The summed E-state index contributed by atoms with van der Waals surface area (Å²) in [5.74, 6) is 0.834. The molecule has 3 heterocycles. The first-order chi connectivity index (χ1) is 12.0. The third kappa shape index (κ3) is 3.27. The second-order valence-corrected chi connectivity index (χ2v) is 9.11. The van der Waals surface area contributed by atoms with Crippen molar-refractivity contribution >= 4 is 22.9 Å². The summed E-state index contributed by atoms with van der Waals surface area (Å²) in [6.45, 7) is 4.12. The van der Waals surface area contributed by atoms with Gasteiger partial charge in [0.15, 0.2) is 11.5 Å². The van der Waals surface area contributed by atoms with Gasteiger partial charge in [-0.05, 0) is 67.5 Å². The van der Waals surface area contributed by atoms with Crippen LogP contribution >= 0.6 is 22.9 Å². The summed E-state index contributed by atoms with van der Waals surface area (Å²) in [4.78, 5) is 5.49. The first kappa shape index (κ1) is 17.2. The molecule has 2 aromatic rings. The fourth-order valence-electron chi connectivity index (χ4n) is 4.20. The number of aryl methyl sites for hydroxylation is 1. The molecule has 0 aliphatic carbocycles. The number of hydrogen-bond donors (Lipinski definition) is 1. The first-order valence-corrected chi connectivity index (χ1v) is 10.2. The van der Waals surface area contributed by atoms with Gasteiger partial charge in [-0.1, -0.05) is 0 Å². The maximum Gasteiger partial charge on any atom is 0.160 e. The van der Waals surface area contributed by atoms with Gasteiger partial charge >= 0.3 is 0 Å². The Morgan fingerprint density at radius 3 is 2.92 bits per heavy atom. The zero-order valence-corrected chi connectivity index (χ0v) is 16.3. The average Bonchev–Trinajstić information content (AvgIpc) is 2.84. The zero-order chi connectivity index (χ0) is 17.6. The summed E-state index contributed by atoms with van der Waals surface area (Å²) < 4.78 is 5.28. The molecule has 134 valence electrons. The Hall–Kier alpha value is -1.23. The quantitative estimate of drug-likeness (QED) is 0.788. The van der Waals surface area contributed by atoms with Crippen LogP contribution in [-0.4, -0.2) is 29.0 Å². The Bertz CT molecular complexity index is 786. The molecule has 1 aromatic carbocycles. The number of benzene rings is 1. The second-order valence-electron chi connectivity index (χ2n) is 7.14. The molecule has 1 unspecified atom stereocenters. The van der Waals surface area contributed by atoms with Crippen molar-refractivity contribution in [3.05, 3.63) is 44.6 Å². The Labute approximate surface area is 158 Å². The van der Waals surface area contributed by atoms with E-state index in [4.69, 9.17) is 16.3 Å². The topological polar surface area (TPSA) is 32.7 Å². The Morgan fingerprint density at radius 1 is 1.32 bits per heavy atom. The van der Waals surface area contributed by atoms with Crippen LogP contribution in [0.5, 0.6) is 11.5 Å². The Morgan fingerprint density at radius 2 is 2.16 bits per heavy atom. The van der Waals surface area contributed by atoms with E-state index in [0.717, 1.165) is 38.8 Å². The van der Waals surface area contributed by atoms with Crippen LogP contribution in [0.4, 0.5) is 0 Å². The van der Waals surface area contributed by atoms with Crippen LogP contribution < -0.4 is 4.74 Å². The van der Waals surface area contributed by atoms with Crippen LogP contribution in [0.15, 0.2) is 18.2 Å². The molecule has 4 rings (SSSR count). The summed E-state index contributed by atoms with van der Waals surface area (Å²) in [6.07, 6.45) is 4.17. The van der Waals surface area contributed by atoms with Crippen LogP contribution in [0.1, 0.15) is 45.8 Å². The van der Waals surface area contributed by atoms with E-state index in [0.29, 0.717) is 11.8 Å². The minimum Gasteiger partial charge on any atom is -0.504 e. The number of nitrogens with zero attached hydrogens (tertiary/aromatic N) is 1. The van der Waals surface area contributed by atoms with E-state index >= 15 is 0 Å². The molecular formula is C20H24ClNO2S. The molecule has 1 N–H and O–H groups in total. The van der Waals surface area contributed by atoms with Crippen LogP contribution in [0.2, 0.25) is 0 Å². The smallest absolute Gasteiger partial charge is 0.160 e. The molecule has 2 aliphatic heterocycles. The fraction of sp³-hybridized carbons (Fsp3) is 0.500. The number of halogens is 1. The Kier molecular flexibility index (Phi) is 4.69. The lowest BCUT2D eigenvalue weighted by Crippen LogP contribution is -2.34. The number of methoxy groups -OCH3 is 1. The van der Waals surface area contributed by atoms with E-state index in [9.17, 15) is 5.11 Å². The van der Waals surface area contributed by atoms with Crippen LogP contribution in [-0.2, 0) is 25.8 Å². The maximum atomic E-state index is 10.2. The number of phenols is 1. The lowest BCUT2D eigenvalue weighted by atomic mass is 9.90. The van der Waals surface area contributed by atoms with Gasteiger partial charge in [0.2, 0.25) is 0 Å². The highest BCUT2D eigenvalue weighted by Crippen LogP contribution is 2.42. The largest absolute Gasteiger partial charge is 0.504 e. The lowest BCUT2D eigenvalue weighted by Gasteiger charge is -2.36. The Balaban J connectivity index is 1.62. The van der Waals surface area contributed by atoms with Gasteiger partial charge in [0.05, 0.1) is 7.11 Å². The summed E-state index contributed by atoms with van der Waals surface area (Å²) >= 11 is 8.11. The summed E-state index contributed by atoms with van der Waals surface area (Å²) in [7, 11) is 1.61. The van der Waals surface area contributed by atoms with Gasteiger partial charge in [0.1, 0.15) is 0 Å². The van der Waals surface area contributed by atoms with E-state index < -0.39 is 0 Å². The van der Waals surface area contributed by atoms with Crippen molar-refractivity contribution in [1.82, 2.24) is 4.90 Å². The van der Waals surface area contributed by atoms with Gasteiger partial charge in [-0.2, -0.15) is 0 Å². The number of phenolic OH excluding ortho intramolecular Hbond substituents is 1. The minimum absolute atomic E-state index is 0.190.